The highest BCUT2D eigenvalue weighted by Crippen LogP contribution is 2.67. The van der Waals surface area contributed by atoms with Gasteiger partial charge >= 0.3 is 5.97 Å². The Hall–Kier alpha value is -0.820. The highest BCUT2D eigenvalue weighted by Gasteiger charge is 2.59. The number of unbranched alkanes of at least 4 members (excludes halogenated alkanes) is 4. The number of nitrogens with zero attached hydrogens (tertiary/aromatic N) is 1. The smallest absolute Gasteiger partial charge is 0.306 e. The van der Waals surface area contributed by atoms with Crippen LogP contribution in [0.4, 0.5) is 0 Å². The van der Waals surface area contributed by atoms with E-state index >= 15 is 0 Å². The third-order valence-electron chi connectivity index (χ3n) is 15.7. The molecular formula is C48H89Cl2N3O3. The van der Waals surface area contributed by atoms with Crippen molar-refractivity contribution in [3.8, 4) is 0 Å². The summed E-state index contributed by atoms with van der Waals surface area (Å²) in [5.41, 5.74) is 14.3. The van der Waals surface area contributed by atoms with Crippen LogP contribution in [0, 0.1) is 52.3 Å². The molecule has 4 N–H and O–H groups in total. The second-order valence-corrected chi connectivity index (χ2v) is 21.4. The zero-order valence-corrected chi connectivity index (χ0v) is 39.5. The average Bonchev–Trinajstić information content (AvgIpc) is 3.44. The summed E-state index contributed by atoms with van der Waals surface area (Å²) in [6.07, 6.45) is 24.0. The first kappa shape index (κ1) is 51.3. The van der Waals surface area contributed by atoms with Crippen LogP contribution in [-0.4, -0.2) is 47.0 Å². The highest BCUT2D eigenvalue weighted by atomic mass is 35.5. The van der Waals surface area contributed by atoms with Crippen molar-refractivity contribution in [1.82, 2.24) is 4.90 Å². The van der Waals surface area contributed by atoms with Gasteiger partial charge in [-0.3, -0.25) is 9.59 Å². The van der Waals surface area contributed by atoms with Crippen molar-refractivity contribution in [2.75, 3.05) is 13.1 Å². The van der Waals surface area contributed by atoms with Crippen molar-refractivity contribution < 1.29 is 14.3 Å². The maximum Gasteiger partial charge on any atom is 0.306 e. The Balaban J connectivity index is 0.00000541. The molecule has 4 rings (SSSR count). The lowest BCUT2D eigenvalue weighted by Crippen LogP contribution is -2.51. The molecule has 0 bridgehead atoms. The van der Waals surface area contributed by atoms with Crippen molar-refractivity contribution in [1.29, 1.82) is 0 Å². The summed E-state index contributed by atoms with van der Waals surface area (Å²) in [5, 5.41) is 0. The van der Waals surface area contributed by atoms with Crippen molar-refractivity contribution >= 4 is 36.7 Å². The minimum absolute atomic E-state index is 0. The summed E-state index contributed by atoms with van der Waals surface area (Å²) in [5.74, 6) is 5.60. The van der Waals surface area contributed by atoms with E-state index in [-0.39, 0.29) is 72.1 Å². The number of nitrogens with two attached hydrogens (primary N) is 2. The summed E-state index contributed by atoms with van der Waals surface area (Å²) in [6, 6.07) is 0. The van der Waals surface area contributed by atoms with Gasteiger partial charge in [-0.1, -0.05) is 91.7 Å². The van der Waals surface area contributed by atoms with E-state index in [4.69, 9.17) is 16.2 Å². The van der Waals surface area contributed by atoms with Crippen molar-refractivity contribution in [2.24, 2.45) is 63.7 Å². The van der Waals surface area contributed by atoms with E-state index in [1.165, 1.54) is 57.8 Å². The van der Waals surface area contributed by atoms with Crippen LogP contribution in [0.5, 0.6) is 0 Å². The molecule has 328 valence electrons. The molecule has 9 atom stereocenters. The molecular weight excluding hydrogens is 737 g/mol. The molecule has 0 aliphatic heterocycles. The minimum Gasteiger partial charge on any atom is -0.462 e. The zero-order valence-electron chi connectivity index (χ0n) is 37.9. The van der Waals surface area contributed by atoms with E-state index in [0.29, 0.717) is 12.0 Å². The molecule has 0 aromatic carbocycles. The van der Waals surface area contributed by atoms with Gasteiger partial charge in [0.25, 0.3) is 0 Å². The Morgan fingerprint density at radius 2 is 1.50 bits per heavy atom. The first-order valence-corrected chi connectivity index (χ1v) is 23.0. The Kier molecular flexibility index (Phi) is 20.3. The van der Waals surface area contributed by atoms with Crippen LogP contribution in [0.1, 0.15) is 198 Å². The standard InChI is InChI=1S/C48H87N3O3.2ClH/c1-11-36(34(2)3)18-17-35(4)40-21-22-41-39-20-19-37-33-38(25-28-47(37,9)42(39)26-29-48(40,41)10)54-44(53)24-23-43(52)51(32-30-46(7,8)50)31-16-14-12-13-15-27-45(5,6)49;;/h19,34-36,38-42H,11-18,20-33,49-50H2,1-10H3;2*1H/t35-,36-,38+,39+,40-,41+,42+,47+,48-;;/m1../s1. The molecule has 0 radical (unpaired) electrons. The molecule has 0 spiro atoms. The highest BCUT2D eigenvalue weighted by molar-refractivity contribution is 5.85. The number of ether oxygens (including phenoxy) is 1. The second kappa shape index (κ2) is 22.1. The SMILES string of the molecule is CC[C@H](CC[C@@H](C)[C@H]1CC[C@H]2[C@@H]3CC=C4C[C@@H](OC(=O)CCC(=O)N(CCCCCCCC(C)(C)N)CCC(C)(C)N)CC[C@]4(C)[C@H]3CC[C@]12C)C(C)C.Cl.Cl. The fourth-order valence-electron chi connectivity index (χ4n) is 12.2. The monoisotopic (exact) mass is 826 g/mol. The molecule has 0 heterocycles. The molecule has 0 aromatic rings. The molecule has 4 aliphatic carbocycles. The molecule has 4 aliphatic rings. The van der Waals surface area contributed by atoms with Gasteiger partial charge in [-0.05, 0) is 151 Å². The number of fused-ring (bicyclic) bond motifs is 5. The van der Waals surface area contributed by atoms with Crippen LogP contribution < -0.4 is 11.5 Å². The van der Waals surface area contributed by atoms with Crippen LogP contribution in [0.25, 0.3) is 0 Å². The number of hydrogen-bond donors (Lipinski definition) is 2. The number of amides is 1. The molecule has 0 saturated heterocycles. The molecule has 8 heteroatoms. The predicted octanol–water partition coefficient (Wildman–Crippen LogP) is 12.2. The number of carbonyl (C=O) groups is 2. The van der Waals surface area contributed by atoms with Crippen LogP contribution >= 0.6 is 24.8 Å². The Morgan fingerprint density at radius 3 is 2.14 bits per heavy atom. The van der Waals surface area contributed by atoms with Gasteiger partial charge in [0.2, 0.25) is 5.91 Å². The average molecular weight is 827 g/mol. The third-order valence-corrected chi connectivity index (χ3v) is 15.7. The fraction of sp³-hybridized carbons (Fsp3) is 0.917. The Labute approximate surface area is 357 Å². The fourth-order valence-corrected chi connectivity index (χ4v) is 12.2. The summed E-state index contributed by atoms with van der Waals surface area (Å²) in [4.78, 5) is 28.5. The third kappa shape index (κ3) is 13.9. The first-order valence-electron chi connectivity index (χ1n) is 23.0. The van der Waals surface area contributed by atoms with E-state index in [2.05, 4.69) is 61.5 Å². The van der Waals surface area contributed by atoms with E-state index < -0.39 is 0 Å². The maximum absolute atomic E-state index is 13.4. The molecule has 3 fully saturated rings. The molecule has 6 nitrogen and oxygen atoms in total. The van der Waals surface area contributed by atoms with Gasteiger partial charge in [0.05, 0.1) is 6.42 Å². The largest absolute Gasteiger partial charge is 0.462 e. The number of rotatable bonds is 21. The molecule has 3 saturated carbocycles. The Morgan fingerprint density at radius 1 is 0.839 bits per heavy atom. The quantitative estimate of drug-likeness (QED) is 0.0682. The summed E-state index contributed by atoms with van der Waals surface area (Å²) >= 11 is 0. The van der Waals surface area contributed by atoms with Crippen LogP contribution in [-0.2, 0) is 14.3 Å². The number of allylic oxidation sites excluding steroid dienone is 1. The summed E-state index contributed by atoms with van der Waals surface area (Å²) in [7, 11) is 0. The number of halogens is 2. The molecule has 0 aromatic heterocycles. The van der Waals surface area contributed by atoms with Gasteiger partial charge < -0.3 is 21.1 Å². The normalized spacial score (nSPS) is 29.8. The van der Waals surface area contributed by atoms with Gasteiger partial charge in [-0.15, -0.1) is 24.8 Å². The second-order valence-electron chi connectivity index (χ2n) is 21.4. The van der Waals surface area contributed by atoms with Gasteiger partial charge in [-0.25, -0.2) is 0 Å². The summed E-state index contributed by atoms with van der Waals surface area (Å²) in [6.45, 7) is 24.6. The summed E-state index contributed by atoms with van der Waals surface area (Å²) < 4.78 is 6.13. The van der Waals surface area contributed by atoms with Crippen molar-refractivity contribution in [3.63, 3.8) is 0 Å². The van der Waals surface area contributed by atoms with Gasteiger partial charge in [0.15, 0.2) is 0 Å². The number of carbonyl (C=O) groups excluding carboxylic acids is 2. The topological polar surface area (TPSA) is 98.7 Å². The van der Waals surface area contributed by atoms with Crippen LogP contribution in [0.2, 0.25) is 0 Å². The number of esters is 1. The van der Waals surface area contributed by atoms with Crippen molar-refractivity contribution in [2.45, 2.75) is 215 Å². The van der Waals surface area contributed by atoms with Crippen LogP contribution in [0.15, 0.2) is 11.6 Å². The number of hydrogen-bond acceptors (Lipinski definition) is 5. The predicted molar refractivity (Wildman–Crippen MR) is 241 cm³/mol. The van der Waals surface area contributed by atoms with E-state index in [0.717, 1.165) is 106 Å². The van der Waals surface area contributed by atoms with E-state index in [1.807, 2.05) is 18.7 Å². The van der Waals surface area contributed by atoms with Gasteiger partial charge in [0.1, 0.15) is 6.10 Å². The Bertz CT molecular complexity index is 1240. The molecule has 0 unspecified atom stereocenters. The van der Waals surface area contributed by atoms with Gasteiger partial charge in [-0.2, -0.15) is 0 Å². The molecule has 56 heavy (non-hydrogen) atoms. The lowest BCUT2D eigenvalue weighted by Gasteiger charge is -2.58. The lowest BCUT2D eigenvalue weighted by atomic mass is 9.47. The van der Waals surface area contributed by atoms with Crippen LogP contribution in [0.3, 0.4) is 0 Å². The minimum atomic E-state index is -0.337. The molecule has 1 amide bonds. The van der Waals surface area contributed by atoms with Gasteiger partial charge in [0, 0.05) is 37.0 Å². The van der Waals surface area contributed by atoms with Crippen molar-refractivity contribution in [3.05, 3.63) is 11.6 Å². The van der Waals surface area contributed by atoms with E-state index in [1.54, 1.807) is 5.57 Å². The first-order chi connectivity index (χ1) is 25.3. The zero-order chi connectivity index (χ0) is 39.9. The maximum atomic E-state index is 13.4. The van der Waals surface area contributed by atoms with E-state index in [9.17, 15) is 9.59 Å². The lowest BCUT2D eigenvalue weighted by molar-refractivity contribution is -0.153.